The number of nitrogens with one attached hydrogen (secondary N) is 1. The normalized spacial score (nSPS) is 15.8. The highest BCUT2D eigenvalue weighted by Crippen LogP contribution is 2.37. The molecule has 0 fully saturated rings. The second-order valence-corrected chi connectivity index (χ2v) is 8.99. The Hall–Kier alpha value is -3.25. The molecule has 0 radical (unpaired) electrons. The van der Waals surface area contributed by atoms with Gasteiger partial charge in [0.15, 0.2) is 9.84 Å². The number of hydrogen-bond acceptors (Lipinski definition) is 4. The first-order valence-corrected chi connectivity index (χ1v) is 10.9. The summed E-state index contributed by atoms with van der Waals surface area (Å²) in [6.07, 6.45) is 5.24. The van der Waals surface area contributed by atoms with Crippen molar-refractivity contribution in [3.05, 3.63) is 95.3 Å². The molecule has 2 heterocycles. The number of hydrogen-bond donors (Lipinski definition) is 1. The van der Waals surface area contributed by atoms with Gasteiger partial charge in [0.1, 0.15) is 0 Å². The average molecular weight is 404 g/mol. The molecule has 29 heavy (non-hydrogen) atoms. The fourth-order valence-corrected chi connectivity index (χ4v) is 5.16. The van der Waals surface area contributed by atoms with Crippen LogP contribution in [0, 0.1) is 6.92 Å². The minimum atomic E-state index is -3.47. The van der Waals surface area contributed by atoms with Crippen LogP contribution < -0.4 is 5.32 Å². The van der Waals surface area contributed by atoms with E-state index in [0.717, 1.165) is 22.3 Å². The van der Waals surface area contributed by atoms with Crippen LogP contribution in [0.2, 0.25) is 0 Å². The number of aromatic nitrogens is 1. The Bertz CT molecular complexity index is 1230. The van der Waals surface area contributed by atoms with Crippen LogP contribution in [0.1, 0.15) is 28.7 Å². The van der Waals surface area contributed by atoms with Crippen molar-refractivity contribution < 1.29 is 13.2 Å². The Labute approximate surface area is 170 Å². The number of carbonyl (C=O) groups is 1. The summed E-state index contributed by atoms with van der Waals surface area (Å²) in [7, 11) is -3.47. The van der Waals surface area contributed by atoms with E-state index in [0.29, 0.717) is 16.1 Å². The highest BCUT2D eigenvalue weighted by atomic mass is 32.2. The highest BCUT2D eigenvalue weighted by molar-refractivity contribution is 7.90. The van der Waals surface area contributed by atoms with Gasteiger partial charge in [0, 0.05) is 18.2 Å². The number of rotatable bonds is 3. The Morgan fingerprint density at radius 1 is 1.07 bits per heavy atom. The monoisotopic (exact) mass is 404 g/mol. The van der Waals surface area contributed by atoms with Crippen LogP contribution in [-0.4, -0.2) is 19.3 Å². The molecule has 0 saturated heterocycles. The van der Waals surface area contributed by atoms with Gasteiger partial charge in [-0.2, -0.15) is 0 Å². The lowest BCUT2D eigenvalue weighted by atomic mass is 9.93. The molecule has 1 aliphatic heterocycles. The van der Waals surface area contributed by atoms with Crippen LogP contribution in [0.15, 0.2) is 78.0 Å². The van der Waals surface area contributed by atoms with E-state index in [2.05, 4.69) is 10.3 Å². The summed E-state index contributed by atoms with van der Waals surface area (Å²) >= 11 is 0. The van der Waals surface area contributed by atoms with E-state index in [1.807, 2.05) is 43.3 Å². The fraction of sp³-hybridized carbons (Fsp3) is 0.130. The number of amides is 1. The number of sulfone groups is 1. The third kappa shape index (κ3) is 3.98. The number of aryl methyl sites for hydroxylation is 1. The van der Waals surface area contributed by atoms with E-state index >= 15 is 0 Å². The molecular formula is C23H20N2O3S. The van der Waals surface area contributed by atoms with Crippen LogP contribution in [0.25, 0.3) is 5.57 Å². The maximum absolute atomic E-state index is 12.9. The minimum absolute atomic E-state index is 0.0569. The molecule has 1 amide bonds. The molecule has 0 aliphatic carbocycles. The first-order chi connectivity index (χ1) is 13.9. The molecule has 146 valence electrons. The molecule has 0 atom stereocenters. The Kier molecular flexibility index (Phi) is 5.03. The zero-order valence-electron chi connectivity index (χ0n) is 15.9. The lowest BCUT2D eigenvalue weighted by Gasteiger charge is -2.11. The molecule has 3 aromatic rings. The summed E-state index contributed by atoms with van der Waals surface area (Å²) in [5.41, 5.74) is 4.55. The van der Waals surface area contributed by atoms with E-state index in [1.165, 1.54) is 0 Å². The molecule has 0 bridgehead atoms. The lowest BCUT2D eigenvalue weighted by Crippen LogP contribution is -2.10. The molecule has 0 spiro atoms. The molecule has 0 unspecified atom stereocenters. The van der Waals surface area contributed by atoms with Crippen molar-refractivity contribution in [1.82, 2.24) is 4.98 Å². The third-order valence-corrected chi connectivity index (χ3v) is 6.53. The molecule has 1 aromatic heterocycles. The van der Waals surface area contributed by atoms with E-state index < -0.39 is 9.84 Å². The molecule has 1 aliphatic rings. The predicted molar refractivity (Wildman–Crippen MR) is 113 cm³/mol. The van der Waals surface area contributed by atoms with Crippen molar-refractivity contribution in [2.75, 3.05) is 5.32 Å². The zero-order chi connectivity index (χ0) is 20.4. The SMILES string of the molecule is Cc1cncc(NC(=O)C/C=C2\c3ccccc3CS(=O)(=O)c3ccccc32)c1. The van der Waals surface area contributed by atoms with Crippen LogP contribution in [0.4, 0.5) is 5.69 Å². The molecule has 1 N–H and O–H groups in total. The second kappa shape index (κ2) is 7.64. The second-order valence-electron chi connectivity index (χ2n) is 7.03. The predicted octanol–water partition coefficient (Wildman–Crippen LogP) is 4.14. The van der Waals surface area contributed by atoms with Gasteiger partial charge in [0.25, 0.3) is 0 Å². The molecular weight excluding hydrogens is 384 g/mol. The molecule has 6 heteroatoms. The van der Waals surface area contributed by atoms with E-state index in [4.69, 9.17) is 0 Å². The van der Waals surface area contributed by atoms with Crippen LogP contribution in [-0.2, 0) is 20.4 Å². The Balaban J connectivity index is 1.73. The minimum Gasteiger partial charge on any atom is -0.324 e. The van der Waals surface area contributed by atoms with E-state index in [1.54, 1.807) is 36.7 Å². The van der Waals surface area contributed by atoms with Gasteiger partial charge in [0.05, 0.1) is 22.5 Å². The Morgan fingerprint density at radius 2 is 1.79 bits per heavy atom. The maximum Gasteiger partial charge on any atom is 0.228 e. The van der Waals surface area contributed by atoms with Gasteiger partial charge in [-0.05, 0) is 41.3 Å². The van der Waals surface area contributed by atoms with Crippen molar-refractivity contribution in [2.24, 2.45) is 0 Å². The van der Waals surface area contributed by atoms with Crippen LogP contribution in [0.3, 0.4) is 0 Å². The topological polar surface area (TPSA) is 76.1 Å². The van der Waals surface area contributed by atoms with Gasteiger partial charge >= 0.3 is 0 Å². The third-order valence-electron chi connectivity index (χ3n) is 4.82. The van der Waals surface area contributed by atoms with Crippen molar-refractivity contribution in [3.8, 4) is 0 Å². The molecule has 5 nitrogen and oxygen atoms in total. The van der Waals surface area contributed by atoms with Crippen LogP contribution >= 0.6 is 0 Å². The summed E-state index contributed by atoms with van der Waals surface area (Å²) in [6, 6.07) is 16.3. The number of anilines is 1. The highest BCUT2D eigenvalue weighted by Gasteiger charge is 2.27. The number of fused-ring (bicyclic) bond motifs is 2. The lowest BCUT2D eigenvalue weighted by molar-refractivity contribution is -0.115. The van der Waals surface area contributed by atoms with Crippen molar-refractivity contribution in [3.63, 3.8) is 0 Å². The first kappa shape index (κ1) is 19.1. The van der Waals surface area contributed by atoms with Gasteiger partial charge in [-0.25, -0.2) is 8.42 Å². The standard InChI is InChI=1S/C23H20N2O3S/c1-16-12-18(14-24-13-16)25-23(26)11-10-20-19-7-3-2-6-17(19)15-29(27,28)22-9-5-4-8-21(20)22/h2-10,12-14H,11,15H2,1H3,(H,25,26)/b20-10+. The van der Waals surface area contributed by atoms with Crippen molar-refractivity contribution in [1.29, 1.82) is 0 Å². The smallest absolute Gasteiger partial charge is 0.228 e. The van der Waals surface area contributed by atoms with Gasteiger partial charge in [-0.1, -0.05) is 48.5 Å². The quantitative estimate of drug-likeness (QED) is 0.712. The van der Waals surface area contributed by atoms with Gasteiger partial charge < -0.3 is 5.32 Å². The molecule has 0 saturated carbocycles. The Morgan fingerprint density at radius 3 is 2.59 bits per heavy atom. The van der Waals surface area contributed by atoms with Crippen molar-refractivity contribution in [2.45, 2.75) is 24.0 Å². The first-order valence-electron chi connectivity index (χ1n) is 9.26. The summed E-state index contributed by atoms with van der Waals surface area (Å²) in [6.45, 7) is 1.91. The fourth-order valence-electron chi connectivity index (χ4n) is 3.55. The number of benzene rings is 2. The summed E-state index contributed by atoms with van der Waals surface area (Å²) in [5.74, 6) is -0.245. The molecule has 4 rings (SSSR count). The van der Waals surface area contributed by atoms with Gasteiger partial charge in [-0.3, -0.25) is 9.78 Å². The zero-order valence-corrected chi connectivity index (χ0v) is 16.7. The summed E-state index contributed by atoms with van der Waals surface area (Å²) in [5, 5.41) is 2.84. The van der Waals surface area contributed by atoms with Gasteiger partial charge in [-0.15, -0.1) is 0 Å². The largest absolute Gasteiger partial charge is 0.324 e. The number of carbonyl (C=O) groups excluding carboxylic acids is 1. The number of nitrogens with zero attached hydrogens (tertiary/aromatic N) is 1. The van der Waals surface area contributed by atoms with Crippen LogP contribution in [0.5, 0.6) is 0 Å². The average Bonchev–Trinajstić information content (AvgIpc) is 2.78. The van der Waals surface area contributed by atoms with E-state index in [-0.39, 0.29) is 18.1 Å². The van der Waals surface area contributed by atoms with Crippen molar-refractivity contribution >= 4 is 27.0 Å². The maximum atomic E-state index is 12.9. The number of pyridine rings is 1. The summed E-state index contributed by atoms with van der Waals surface area (Å²) in [4.78, 5) is 16.9. The van der Waals surface area contributed by atoms with E-state index in [9.17, 15) is 13.2 Å². The summed E-state index contributed by atoms with van der Waals surface area (Å²) < 4.78 is 25.8. The van der Waals surface area contributed by atoms with Gasteiger partial charge in [0.2, 0.25) is 5.91 Å². The molecule has 2 aromatic carbocycles.